The Kier molecular flexibility index (Phi) is 6.63. The van der Waals surface area contributed by atoms with Crippen molar-refractivity contribution in [2.24, 2.45) is 0 Å². The summed E-state index contributed by atoms with van der Waals surface area (Å²) in [4.78, 5) is 9.32. The van der Waals surface area contributed by atoms with E-state index in [1.807, 2.05) is 24.3 Å². The van der Waals surface area contributed by atoms with Crippen LogP contribution in [-0.4, -0.2) is 35.8 Å². The summed E-state index contributed by atoms with van der Waals surface area (Å²) in [5.74, 6) is 1.54. The molecule has 0 saturated carbocycles. The number of hydrogen-bond acceptors (Lipinski definition) is 5. The number of aromatic nitrogens is 2. The molecule has 0 bridgehead atoms. The molecule has 2 aromatic rings. The van der Waals surface area contributed by atoms with Gasteiger partial charge in [0.15, 0.2) is 0 Å². The molecule has 0 spiro atoms. The first-order valence-electron chi connectivity index (χ1n) is 9.39. The van der Waals surface area contributed by atoms with E-state index in [-0.39, 0.29) is 6.10 Å². The number of hydrogen-bond donors (Lipinski definition) is 2. The van der Waals surface area contributed by atoms with Gasteiger partial charge in [-0.15, -0.1) is 0 Å². The first-order chi connectivity index (χ1) is 12.3. The standard InChI is InChI=1S/C20H28N4O/c1-2-3-7-12-21-20-23-18(16-9-5-4-6-10-16)14-19(24-20)22-15-17-11-8-13-25-17/h4-6,9-10,14,17H,2-3,7-8,11-13,15H2,1H3,(H2,21,22,23,24). The van der Waals surface area contributed by atoms with Crippen molar-refractivity contribution in [3.8, 4) is 11.3 Å². The monoisotopic (exact) mass is 340 g/mol. The molecule has 3 rings (SSSR count). The number of nitrogens with zero attached hydrogens (tertiary/aromatic N) is 2. The van der Waals surface area contributed by atoms with Crippen LogP contribution in [0.2, 0.25) is 0 Å². The van der Waals surface area contributed by atoms with Gasteiger partial charge in [-0.05, 0) is 19.3 Å². The Morgan fingerprint density at radius 1 is 1.12 bits per heavy atom. The van der Waals surface area contributed by atoms with E-state index in [1.165, 1.54) is 12.8 Å². The molecule has 1 fully saturated rings. The van der Waals surface area contributed by atoms with E-state index < -0.39 is 0 Å². The van der Waals surface area contributed by atoms with E-state index in [9.17, 15) is 0 Å². The van der Waals surface area contributed by atoms with Crippen molar-refractivity contribution in [3.63, 3.8) is 0 Å². The smallest absolute Gasteiger partial charge is 0.225 e. The van der Waals surface area contributed by atoms with Crippen molar-refractivity contribution >= 4 is 11.8 Å². The Hall–Kier alpha value is -2.14. The SMILES string of the molecule is CCCCCNc1nc(NCC2CCCO2)cc(-c2ccccc2)n1. The summed E-state index contributed by atoms with van der Waals surface area (Å²) in [6, 6.07) is 12.3. The van der Waals surface area contributed by atoms with Crippen LogP contribution >= 0.6 is 0 Å². The van der Waals surface area contributed by atoms with Gasteiger partial charge in [0.1, 0.15) is 5.82 Å². The predicted octanol–water partition coefficient (Wildman–Crippen LogP) is 4.34. The molecular formula is C20H28N4O. The molecule has 0 radical (unpaired) electrons. The number of rotatable bonds is 9. The minimum Gasteiger partial charge on any atom is -0.376 e. The van der Waals surface area contributed by atoms with Crippen molar-refractivity contribution in [3.05, 3.63) is 36.4 Å². The molecule has 0 aliphatic carbocycles. The van der Waals surface area contributed by atoms with Crippen LogP contribution in [0.5, 0.6) is 0 Å². The number of nitrogens with one attached hydrogen (secondary N) is 2. The first-order valence-corrected chi connectivity index (χ1v) is 9.39. The zero-order valence-electron chi connectivity index (χ0n) is 15.0. The van der Waals surface area contributed by atoms with Crippen molar-refractivity contribution < 1.29 is 4.74 Å². The molecule has 2 heterocycles. The normalized spacial score (nSPS) is 16.8. The fourth-order valence-corrected chi connectivity index (χ4v) is 2.97. The van der Waals surface area contributed by atoms with Crippen LogP contribution in [0.15, 0.2) is 36.4 Å². The molecule has 1 saturated heterocycles. The third kappa shape index (κ3) is 5.43. The number of anilines is 2. The van der Waals surface area contributed by atoms with Crippen molar-refractivity contribution in [1.82, 2.24) is 9.97 Å². The highest BCUT2D eigenvalue weighted by Crippen LogP contribution is 2.22. The van der Waals surface area contributed by atoms with Crippen LogP contribution in [0.1, 0.15) is 39.0 Å². The highest BCUT2D eigenvalue weighted by molar-refractivity contribution is 5.64. The highest BCUT2D eigenvalue weighted by atomic mass is 16.5. The number of ether oxygens (including phenoxy) is 1. The quantitative estimate of drug-likeness (QED) is 0.665. The fourth-order valence-electron chi connectivity index (χ4n) is 2.97. The zero-order chi connectivity index (χ0) is 17.3. The second kappa shape index (κ2) is 9.37. The van der Waals surface area contributed by atoms with Gasteiger partial charge >= 0.3 is 0 Å². The summed E-state index contributed by atoms with van der Waals surface area (Å²) in [6.07, 6.45) is 6.11. The summed E-state index contributed by atoms with van der Waals surface area (Å²) in [5, 5.41) is 6.79. The second-order valence-electron chi connectivity index (χ2n) is 6.48. The van der Waals surface area contributed by atoms with Crippen LogP contribution in [0.4, 0.5) is 11.8 Å². The van der Waals surface area contributed by atoms with E-state index in [2.05, 4.69) is 39.7 Å². The van der Waals surface area contributed by atoms with Gasteiger partial charge in [-0.3, -0.25) is 0 Å². The van der Waals surface area contributed by atoms with Gasteiger partial charge in [0.05, 0.1) is 11.8 Å². The Labute approximate surface area is 150 Å². The minimum absolute atomic E-state index is 0.288. The Morgan fingerprint density at radius 3 is 2.76 bits per heavy atom. The Morgan fingerprint density at radius 2 is 2.00 bits per heavy atom. The average molecular weight is 340 g/mol. The van der Waals surface area contributed by atoms with Gasteiger partial charge in [-0.1, -0.05) is 50.1 Å². The van der Waals surface area contributed by atoms with Gasteiger partial charge in [0, 0.05) is 31.3 Å². The maximum absolute atomic E-state index is 5.69. The zero-order valence-corrected chi connectivity index (χ0v) is 15.0. The molecular weight excluding hydrogens is 312 g/mol. The molecule has 1 aromatic carbocycles. The summed E-state index contributed by atoms with van der Waals surface area (Å²) in [7, 11) is 0. The lowest BCUT2D eigenvalue weighted by molar-refractivity contribution is 0.120. The van der Waals surface area contributed by atoms with Crippen molar-refractivity contribution in [2.45, 2.75) is 45.1 Å². The topological polar surface area (TPSA) is 59.1 Å². The average Bonchev–Trinajstić information content (AvgIpc) is 3.18. The number of benzene rings is 1. The molecule has 25 heavy (non-hydrogen) atoms. The Balaban J connectivity index is 1.72. The van der Waals surface area contributed by atoms with Gasteiger partial charge in [0.25, 0.3) is 0 Å². The summed E-state index contributed by atoms with van der Waals surface area (Å²) >= 11 is 0. The largest absolute Gasteiger partial charge is 0.376 e. The van der Waals surface area contributed by atoms with Gasteiger partial charge in [-0.25, -0.2) is 4.98 Å². The van der Waals surface area contributed by atoms with Gasteiger partial charge in [-0.2, -0.15) is 4.98 Å². The molecule has 1 atom stereocenters. The summed E-state index contributed by atoms with van der Waals surface area (Å²) in [6.45, 7) is 4.77. The van der Waals surface area contributed by atoms with E-state index in [0.29, 0.717) is 5.95 Å². The third-order valence-electron chi connectivity index (χ3n) is 4.39. The van der Waals surface area contributed by atoms with Crippen LogP contribution in [0, 0.1) is 0 Å². The third-order valence-corrected chi connectivity index (χ3v) is 4.39. The van der Waals surface area contributed by atoms with Crippen LogP contribution in [0.3, 0.4) is 0 Å². The van der Waals surface area contributed by atoms with Gasteiger partial charge < -0.3 is 15.4 Å². The molecule has 1 aromatic heterocycles. The van der Waals surface area contributed by atoms with Gasteiger partial charge in [0.2, 0.25) is 5.95 Å². The van der Waals surface area contributed by atoms with E-state index in [4.69, 9.17) is 4.74 Å². The van der Waals surface area contributed by atoms with Crippen molar-refractivity contribution in [2.75, 3.05) is 30.3 Å². The van der Waals surface area contributed by atoms with Crippen LogP contribution in [0.25, 0.3) is 11.3 Å². The predicted molar refractivity (Wildman–Crippen MR) is 103 cm³/mol. The number of unbranched alkanes of at least 4 members (excludes halogenated alkanes) is 2. The molecule has 134 valence electrons. The molecule has 0 amide bonds. The fraction of sp³-hybridized carbons (Fsp3) is 0.500. The molecule has 1 aliphatic rings. The second-order valence-corrected chi connectivity index (χ2v) is 6.48. The highest BCUT2D eigenvalue weighted by Gasteiger charge is 2.15. The first kappa shape index (κ1) is 17.7. The minimum atomic E-state index is 0.288. The van der Waals surface area contributed by atoms with E-state index in [0.717, 1.165) is 56.0 Å². The molecule has 5 heteroatoms. The maximum atomic E-state index is 5.69. The summed E-state index contributed by atoms with van der Waals surface area (Å²) < 4.78 is 5.69. The summed E-state index contributed by atoms with van der Waals surface area (Å²) in [5.41, 5.74) is 2.03. The molecule has 1 aliphatic heterocycles. The molecule has 2 N–H and O–H groups in total. The van der Waals surface area contributed by atoms with Crippen LogP contribution in [-0.2, 0) is 4.74 Å². The maximum Gasteiger partial charge on any atom is 0.225 e. The van der Waals surface area contributed by atoms with E-state index >= 15 is 0 Å². The lowest BCUT2D eigenvalue weighted by atomic mass is 10.1. The van der Waals surface area contributed by atoms with Crippen LogP contribution < -0.4 is 10.6 Å². The lowest BCUT2D eigenvalue weighted by Gasteiger charge is -2.14. The Bertz CT molecular complexity index is 641. The molecule has 1 unspecified atom stereocenters. The van der Waals surface area contributed by atoms with Crippen molar-refractivity contribution in [1.29, 1.82) is 0 Å². The lowest BCUT2D eigenvalue weighted by Crippen LogP contribution is -2.19. The molecule has 5 nitrogen and oxygen atoms in total. The van der Waals surface area contributed by atoms with E-state index in [1.54, 1.807) is 0 Å².